The van der Waals surface area contributed by atoms with E-state index in [1.165, 1.54) is 11.0 Å². The van der Waals surface area contributed by atoms with Gasteiger partial charge in [0.05, 0.1) is 47.9 Å². The number of hydrogen-bond acceptors (Lipinski definition) is 11. The first kappa shape index (κ1) is 41.6. The Hall–Kier alpha value is -4.08. The Morgan fingerprint density at radius 3 is 2.41 bits per heavy atom. The number of carbonyl (C=O) groups excluding carboxylic acids is 4. The van der Waals surface area contributed by atoms with Crippen LogP contribution in [-0.2, 0) is 30.1 Å². The fourth-order valence-electron chi connectivity index (χ4n) is 8.72. The van der Waals surface area contributed by atoms with Gasteiger partial charge in [-0.1, -0.05) is 0 Å². The molecule has 13 nitrogen and oxygen atoms in total. The number of nitrogens with one attached hydrogen (secondary N) is 2. The summed E-state index contributed by atoms with van der Waals surface area (Å²) in [7, 11) is 0. The minimum absolute atomic E-state index is 0.0289. The Morgan fingerprint density at radius 1 is 1.07 bits per heavy atom. The normalized spacial score (nSPS) is 27.9. The number of halogens is 3. The van der Waals surface area contributed by atoms with Crippen LogP contribution >= 0.6 is 12.6 Å². The second kappa shape index (κ2) is 16.8. The van der Waals surface area contributed by atoms with Gasteiger partial charge in [0.2, 0.25) is 23.6 Å². The number of alkyl halides is 3. The monoisotopic (exact) mass is 798 g/mol. The molecule has 3 saturated heterocycles. The number of amides is 4. The average molecular weight is 799 g/mol. The number of benzene rings is 1. The van der Waals surface area contributed by atoms with Crippen LogP contribution < -0.4 is 15.5 Å². The number of nitriles is 1. The van der Waals surface area contributed by atoms with E-state index in [0.29, 0.717) is 24.4 Å². The number of aromatic nitrogens is 1. The number of hydrogen-bond donors (Lipinski definition) is 3. The van der Waals surface area contributed by atoms with E-state index < -0.39 is 34.3 Å². The number of carbonyl (C=O) groups is 4. The summed E-state index contributed by atoms with van der Waals surface area (Å²) in [4.78, 5) is 62.7. The van der Waals surface area contributed by atoms with Crippen LogP contribution in [0.2, 0.25) is 0 Å². The Balaban J connectivity index is 0.953. The number of nitrogens with zero attached hydrogens (tertiary/aromatic N) is 6. The molecule has 2 unspecified atom stereocenters. The molecule has 4 heterocycles. The fraction of sp³-hybridized carbons (Fsp3) is 0.590. The maximum atomic E-state index is 13.7. The molecule has 1 aromatic carbocycles. The van der Waals surface area contributed by atoms with Crippen LogP contribution in [0.5, 0.6) is 0 Å². The van der Waals surface area contributed by atoms with Gasteiger partial charge in [0, 0.05) is 56.1 Å². The van der Waals surface area contributed by atoms with Crippen molar-refractivity contribution in [2.45, 2.75) is 114 Å². The molecule has 4 atom stereocenters. The van der Waals surface area contributed by atoms with Gasteiger partial charge in [0.1, 0.15) is 11.3 Å². The van der Waals surface area contributed by atoms with Gasteiger partial charge in [0.15, 0.2) is 0 Å². The highest BCUT2D eigenvalue weighted by Gasteiger charge is 2.54. The highest BCUT2D eigenvalue weighted by molar-refractivity contribution is 7.81. The van der Waals surface area contributed by atoms with Gasteiger partial charge >= 0.3 is 6.18 Å². The molecule has 4 fully saturated rings. The largest absolute Gasteiger partial charge is 0.417 e. The van der Waals surface area contributed by atoms with Crippen molar-refractivity contribution in [3.8, 4) is 6.07 Å². The molecule has 2 N–H and O–H groups in total. The summed E-state index contributed by atoms with van der Waals surface area (Å²) in [5.41, 5.74) is -2.63. The van der Waals surface area contributed by atoms with E-state index in [1.807, 2.05) is 4.90 Å². The number of ether oxygens (including phenoxy) is 1. The van der Waals surface area contributed by atoms with Crippen LogP contribution in [0.3, 0.4) is 0 Å². The molecule has 17 heteroatoms. The minimum atomic E-state index is -4.75. The molecular weight excluding hydrogens is 750 g/mol. The summed E-state index contributed by atoms with van der Waals surface area (Å²) in [6, 6.07) is 8.49. The first-order valence-electron chi connectivity index (χ1n) is 19.1. The molecular formula is C39H49F3N8O5S. The second-order valence-electron chi connectivity index (χ2n) is 15.8. The van der Waals surface area contributed by atoms with Crippen LogP contribution in [0.4, 0.5) is 24.7 Å². The van der Waals surface area contributed by atoms with Crippen LogP contribution in [0.25, 0.3) is 0 Å². The lowest BCUT2D eigenvalue weighted by Gasteiger charge is -2.44. The number of pyridine rings is 1. The lowest BCUT2D eigenvalue weighted by atomic mass is 9.89. The number of thiol groups is 1. The summed E-state index contributed by atoms with van der Waals surface area (Å²) in [6.07, 6.45) is 0.520. The molecule has 0 radical (unpaired) electrons. The van der Waals surface area contributed by atoms with E-state index in [4.69, 9.17) is 17.4 Å². The zero-order valence-electron chi connectivity index (χ0n) is 32.0. The Kier molecular flexibility index (Phi) is 12.5. The van der Waals surface area contributed by atoms with Crippen molar-refractivity contribution >= 4 is 47.8 Å². The Labute approximate surface area is 330 Å². The fourth-order valence-corrected chi connectivity index (χ4v) is 9.44. The molecule has 4 aliphatic rings. The van der Waals surface area contributed by atoms with Crippen molar-refractivity contribution in [2.75, 3.05) is 43.0 Å². The van der Waals surface area contributed by atoms with Crippen LogP contribution in [-0.4, -0.2) is 111 Å². The topological polar surface area (TPSA) is 151 Å². The summed E-state index contributed by atoms with van der Waals surface area (Å²) < 4.78 is 47.5. The van der Waals surface area contributed by atoms with E-state index in [9.17, 15) is 37.6 Å². The predicted molar refractivity (Wildman–Crippen MR) is 204 cm³/mol. The molecule has 3 aliphatic heterocycles. The smallest absolute Gasteiger partial charge is 0.377 e. The van der Waals surface area contributed by atoms with Gasteiger partial charge in [-0.2, -0.15) is 18.4 Å². The molecule has 1 aromatic heterocycles. The standard InChI is InChI=1S/C39H49F3N8O5S/c1-23-20-47(21-24(2)48(23)22-34(52)45-32-17-25(13-14-44-32)30-11-12-33(51)46-35(30)53)15-16-55-29-9-7-27(8-10-29)50-37(56)49(36(54)38(50,3)4)28-6-5-26(19-43)31(18-28)39(40,41)42/h5-6,13-14,17-18,23-24,27,29-30,37,56H,7-12,15-16,20-22H2,1-4H3,(H,44,45,52)(H,46,51,53)/t23-,24+,27?,29?,30?,37?. The third-order valence-corrected chi connectivity index (χ3v) is 12.0. The summed E-state index contributed by atoms with van der Waals surface area (Å²) in [6.45, 7) is 10.7. The summed E-state index contributed by atoms with van der Waals surface area (Å²) >= 11 is 4.76. The maximum absolute atomic E-state index is 13.7. The first-order valence-corrected chi connectivity index (χ1v) is 19.6. The number of piperazine rings is 1. The second-order valence-corrected chi connectivity index (χ2v) is 16.2. The summed E-state index contributed by atoms with van der Waals surface area (Å²) in [5, 5.41) is 14.5. The van der Waals surface area contributed by atoms with E-state index in [1.54, 1.807) is 38.2 Å². The minimum Gasteiger partial charge on any atom is -0.377 e. The lowest BCUT2D eigenvalue weighted by molar-refractivity contribution is -0.138. The van der Waals surface area contributed by atoms with Gasteiger partial charge in [-0.15, -0.1) is 12.6 Å². The number of anilines is 2. The third-order valence-electron chi connectivity index (χ3n) is 11.6. The van der Waals surface area contributed by atoms with E-state index in [0.717, 1.165) is 57.5 Å². The quantitative estimate of drug-likeness (QED) is 0.232. The van der Waals surface area contributed by atoms with Crippen molar-refractivity contribution < 1.29 is 37.1 Å². The zero-order valence-corrected chi connectivity index (χ0v) is 32.9. The van der Waals surface area contributed by atoms with E-state index in [-0.39, 0.29) is 66.5 Å². The van der Waals surface area contributed by atoms with Crippen molar-refractivity contribution in [3.05, 3.63) is 53.2 Å². The molecule has 2 aromatic rings. The molecule has 4 amide bonds. The zero-order chi connectivity index (χ0) is 40.5. The van der Waals surface area contributed by atoms with Crippen molar-refractivity contribution in [2.24, 2.45) is 0 Å². The van der Waals surface area contributed by atoms with Crippen molar-refractivity contribution in [1.29, 1.82) is 5.26 Å². The van der Waals surface area contributed by atoms with Gasteiger partial charge in [-0.3, -0.25) is 44.1 Å². The average Bonchev–Trinajstić information content (AvgIpc) is 3.31. The number of rotatable bonds is 10. The number of piperidine rings is 1. The van der Waals surface area contributed by atoms with Gasteiger partial charge < -0.3 is 10.1 Å². The van der Waals surface area contributed by atoms with Gasteiger partial charge in [-0.25, -0.2) is 4.98 Å². The molecule has 302 valence electrons. The van der Waals surface area contributed by atoms with E-state index >= 15 is 0 Å². The number of imide groups is 1. The van der Waals surface area contributed by atoms with E-state index in [2.05, 4.69) is 39.3 Å². The van der Waals surface area contributed by atoms with Crippen LogP contribution in [0.1, 0.15) is 88.8 Å². The van der Waals surface area contributed by atoms with Crippen LogP contribution in [0, 0.1) is 11.3 Å². The molecule has 1 aliphatic carbocycles. The SMILES string of the molecule is C[C@@H]1CN(CCOC2CCC(N3C(S)N(c4ccc(C#N)c(C(F)(F)F)c4)C(=O)C3(C)C)CC2)C[C@H](C)N1CC(=O)Nc1cc(C2CCC(=O)NC2=O)ccn1. The predicted octanol–water partition coefficient (Wildman–Crippen LogP) is 4.49. The highest BCUT2D eigenvalue weighted by Crippen LogP contribution is 2.43. The van der Waals surface area contributed by atoms with Gasteiger partial charge in [-0.05, 0) is 95.7 Å². The summed E-state index contributed by atoms with van der Waals surface area (Å²) in [5.74, 6) is -1.29. The van der Waals surface area contributed by atoms with Crippen LogP contribution in [0.15, 0.2) is 36.5 Å². The Morgan fingerprint density at radius 2 is 1.77 bits per heavy atom. The van der Waals surface area contributed by atoms with Gasteiger partial charge in [0.25, 0.3) is 0 Å². The van der Waals surface area contributed by atoms with Crippen molar-refractivity contribution in [3.63, 3.8) is 0 Å². The molecule has 6 rings (SSSR count). The lowest BCUT2D eigenvalue weighted by Crippen LogP contribution is -2.58. The molecule has 56 heavy (non-hydrogen) atoms. The first-order chi connectivity index (χ1) is 26.5. The molecule has 1 saturated carbocycles. The van der Waals surface area contributed by atoms with Crippen molar-refractivity contribution in [1.82, 2.24) is 25.0 Å². The molecule has 0 bridgehead atoms. The maximum Gasteiger partial charge on any atom is 0.417 e. The molecule has 0 spiro atoms. The highest BCUT2D eigenvalue weighted by atomic mass is 32.1. The Bertz CT molecular complexity index is 1850. The third kappa shape index (κ3) is 8.89.